The molecule has 1 aromatic heterocycles. The van der Waals surface area contributed by atoms with Gasteiger partial charge >= 0.3 is 6.18 Å². The average Bonchev–Trinajstić information content (AvgIpc) is 2.61. The summed E-state index contributed by atoms with van der Waals surface area (Å²) < 4.78 is 42.1. The SMILES string of the molecule is CNCCc1c(C)nn(CCCOCC(F)(F)F)c1C. The summed E-state index contributed by atoms with van der Waals surface area (Å²) in [6, 6.07) is 0. The number of nitrogens with one attached hydrogen (secondary N) is 1. The number of nitrogens with zero attached hydrogens (tertiary/aromatic N) is 2. The summed E-state index contributed by atoms with van der Waals surface area (Å²) in [6.45, 7) is 4.30. The van der Waals surface area contributed by atoms with Gasteiger partial charge in [0.25, 0.3) is 0 Å². The maximum atomic E-state index is 11.9. The highest BCUT2D eigenvalue weighted by molar-refractivity contribution is 5.24. The van der Waals surface area contributed by atoms with E-state index >= 15 is 0 Å². The molecule has 1 rings (SSSR count). The van der Waals surface area contributed by atoms with Crippen LogP contribution in [0.1, 0.15) is 23.4 Å². The lowest BCUT2D eigenvalue weighted by molar-refractivity contribution is -0.174. The third-order valence-corrected chi connectivity index (χ3v) is 3.08. The second-order valence-electron chi connectivity index (χ2n) is 4.75. The van der Waals surface area contributed by atoms with E-state index < -0.39 is 12.8 Å². The number of aryl methyl sites for hydroxylation is 2. The highest BCUT2D eigenvalue weighted by Crippen LogP contribution is 2.15. The Morgan fingerprint density at radius 3 is 2.60 bits per heavy atom. The van der Waals surface area contributed by atoms with Gasteiger partial charge in [0, 0.05) is 18.8 Å². The summed E-state index contributed by atoms with van der Waals surface area (Å²) >= 11 is 0. The topological polar surface area (TPSA) is 39.1 Å². The molecule has 1 N–H and O–H groups in total. The summed E-state index contributed by atoms with van der Waals surface area (Å²) in [6.07, 6.45) is -2.83. The summed E-state index contributed by atoms with van der Waals surface area (Å²) in [5, 5.41) is 7.51. The van der Waals surface area contributed by atoms with E-state index in [2.05, 4.69) is 15.2 Å². The lowest BCUT2D eigenvalue weighted by Crippen LogP contribution is -2.18. The zero-order valence-corrected chi connectivity index (χ0v) is 12.2. The molecule has 0 aromatic carbocycles. The molecule has 1 heterocycles. The van der Waals surface area contributed by atoms with Crippen molar-refractivity contribution in [2.45, 2.75) is 39.4 Å². The minimum atomic E-state index is -4.25. The Balaban J connectivity index is 2.41. The van der Waals surface area contributed by atoms with Crippen LogP contribution >= 0.6 is 0 Å². The molecular weight excluding hydrogens is 271 g/mol. The molecule has 0 radical (unpaired) electrons. The van der Waals surface area contributed by atoms with Crippen molar-refractivity contribution in [2.24, 2.45) is 0 Å². The van der Waals surface area contributed by atoms with Gasteiger partial charge in [0.05, 0.1) is 5.69 Å². The van der Waals surface area contributed by atoms with Crippen molar-refractivity contribution < 1.29 is 17.9 Å². The van der Waals surface area contributed by atoms with Crippen LogP contribution in [0.25, 0.3) is 0 Å². The molecule has 0 amide bonds. The number of aromatic nitrogens is 2. The van der Waals surface area contributed by atoms with Gasteiger partial charge in [0.2, 0.25) is 0 Å². The van der Waals surface area contributed by atoms with Gasteiger partial charge in [-0.05, 0) is 45.8 Å². The van der Waals surface area contributed by atoms with Crippen molar-refractivity contribution in [1.82, 2.24) is 15.1 Å². The molecule has 116 valence electrons. The molecule has 0 aliphatic carbocycles. The van der Waals surface area contributed by atoms with Crippen LogP contribution in [0.4, 0.5) is 13.2 Å². The second-order valence-corrected chi connectivity index (χ2v) is 4.75. The van der Waals surface area contributed by atoms with Crippen molar-refractivity contribution in [1.29, 1.82) is 0 Å². The number of hydrogen-bond donors (Lipinski definition) is 1. The van der Waals surface area contributed by atoms with Crippen molar-refractivity contribution in [2.75, 3.05) is 26.8 Å². The predicted molar refractivity (Wildman–Crippen MR) is 70.8 cm³/mol. The quantitative estimate of drug-likeness (QED) is 0.747. The predicted octanol–water partition coefficient (Wildman–Crippen LogP) is 2.23. The second kappa shape index (κ2) is 7.64. The van der Waals surface area contributed by atoms with Gasteiger partial charge in [-0.25, -0.2) is 0 Å². The minimum absolute atomic E-state index is 0.0870. The largest absolute Gasteiger partial charge is 0.411 e. The number of ether oxygens (including phenoxy) is 1. The Bertz CT molecular complexity index is 416. The van der Waals surface area contributed by atoms with Gasteiger partial charge in [0.1, 0.15) is 6.61 Å². The number of alkyl halides is 3. The Morgan fingerprint density at radius 2 is 2.00 bits per heavy atom. The molecule has 0 unspecified atom stereocenters. The van der Waals surface area contributed by atoms with E-state index in [1.165, 1.54) is 5.56 Å². The molecular formula is C13H22F3N3O. The molecule has 0 atom stereocenters. The fraction of sp³-hybridized carbons (Fsp3) is 0.769. The minimum Gasteiger partial charge on any atom is -0.372 e. The first kappa shape index (κ1) is 17.0. The van der Waals surface area contributed by atoms with E-state index in [1.54, 1.807) is 0 Å². The summed E-state index contributed by atoms with van der Waals surface area (Å²) in [7, 11) is 1.90. The Kier molecular flexibility index (Phi) is 6.48. The molecule has 7 heteroatoms. The van der Waals surface area contributed by atoms with Crippen LogP contribution < -0.4 is 5.32 Å². The third kappa shape index (κ3) is 5.50. The van der Waals surface area contributed by atoms with Crippen molar-refractivity contribution >= 4 is 0 Å². The van der Waals surface area contributed by atoms with E-state index in [-0.39, 0.29) is 6.61 Å². The normalized spacial score (nSPS) is 12.1. The average molecular weight is 293 g/mol. The van der Waals surface area contributed by atoms with Crippen LogP contribution in [0.15, 0.2) is 0 Å². The van der Waals surface area contributed by atoms with Crippen molar-refractivity contribution in [3.05, 3.63) is 17.0 Å². The van der Waals surface area contributed by atoms with Gasteiger partial charge in [-0.2, -0.15) is 18.3 Å². The van der Waals surface area contributed by atoms with Gasteiger partial charge in [-0.15, -0.1) is 0 Å². The zero-order valence-electron chi connectivity index (χ0n) is 12.2. The molecule has 0 saturated heterocycles. The van der Waals surface area contributed by atoms with E-state index in [9.17, 15) is 13.2 Å². The highest BCUT2D eigenvalue weighted by Gasteiger charge is 2.27. The first-order chi connectivity index (χ1) is 9.35. The van der Waals surface area contributed by atoms with Gasteiger partial charge in [-0.3, -0.25) is 4.68 Å². The molecule has 0 fully saturated rings. The van der Waals surface area contributed by atoms with E-state index in [0.29, 0.717) is 13.0 Å². The van der Waals surface area contributed by atoms with Crippen LogP contribution in [0.3, 0.4) is 0 Å². The number of likely N-dealkylation sites (N-methyl/N-ethyl adjacent to an activating group) is 1. The fourth-order valence-corrected chi connectivity index (χ4v) is 2.07. The molecule has 0 aliphatic rings. The van der Waals surface area contributed by atoms with Crippen molar-refractivity contribution in [3.8, 4) is 0 Å². The monoisotopic (exact) mass is 293 g/mol. The fourth-order valence-electron chi connectivity index (χ4n) is 2.07. The van der Waals surface area contributed by atoms with E-state index in [0.717, 1.165) is 24.4 Å². The molecule has 4 nitrogen and oxygen atoms in total. The molecule has 0 spiro atoms. The smallest absolute Gasteiger partial charge is 0.372 e. The standard InChI is InChI=1S/C13H22F3N3O/c1-10-12(5-6-17-3)11(2)19(18-10)7-4-8-20-9-13(14,15)16/h17H,4-9H2,1-3H3. The summed E-state index contributed by atoms with van der Waals surface area (Å²) in [5.74, 6) is 0. The Hall–Kier alpha value is -1.08. The molecule has 0 saturated carbocycles. The lowest BCUT2D eigenvalue weighted by atomic mass is 10.1. The van der Waals surface area contributed by atoms with Crippen LogP contribution in [-0.2, 0) is 17.7 Å². The molecule has 20 heavy (non-hydrogen) atoms. The van der Waals surface area contributed by atoms with Gasteiger partial charge < -0.3 is 10.1 Å². The van der Waals surface area contributed by atoms with Crippen LogP contribution in [0, 0.1) is 13.8 Å². The number of halogens is 3. The highest BCUT2D eigenvalue weighted by atomic mass is 19.4. The number of rotatable bonds is 8. The first-order valence-corrected chi connectivity index (χ1v) is 6.67. The van der Waals surface area contributed by atoms with Gasteiger partial charge in [0.15, 0.2) is 0 Å². The van der Waals surface area contributed by atoms with Crippen LogP contribution in [0.2, 0.25) is 0 Å². The summed E-state index contributed by atoms with van der Waals surface area (Å²) in [4.78, 5) is 0. The van der Waals surface area contributed by atoms with E-state index in [1.807, 2.05) is 25.6 Å². The van der Waals surface area contributed by atoms with Gasteiger partial charge in [-0.1, -0.05) is 0 Å². The number of hydrogen-bond acceptors (Lipinski definition) is 3. The van der Waals surface area contributed by atoms with Crippen LogP contribution in [0.5, 0.6) is 0 Å². The van der Waals surface area contributed by atoms with Crippen LogP contribution in [-0.4, -0.2) is 42.8 Å². The Labute approximate surface area is 117 Å². The first-order valence-electron chi connectivity index (χ1n) is 6.67. The lowest BCUT2D eigenvalue weighted by Gasteiger charge is -2.08. The summed E-state index contributed by atoms with van der Waals surface area (Å²) in [5.41, 5.74) is 3.26. The Morgan fingerprint density at radius 1 is 1.30 bits per heavy atom. The molecule has 0 aliphatic heterocycles. The zero-order chi connectivity index (χ0) is 15.2. The maximum Gasteiger partial charge on any atom is 0.411 e. The maximum absolute atomic E-state index is 11.9. The third-order valence-electron chi connectivity index (χ3n) is 3.08. The van der Waals surface area contributed by atoms with E-state index in [4.69, 9.17) is 0 Å². The molecule has 1 aromatic rings. The van der Waals surface area contributed by atoms with Crippen molar-refractivity contribution in [3.63, 3.8) is 0 Å². The molecule has 0 bridgehead atoms.